The molecule has 114 valence electrons. The highest BCUT2D eigenvalue weighted by Crippen LogP contribution is 2.21. The van der Waals surface area contributed by atoms with Crippen LogP contribution in [-0.4, -0.2) is 21.7 Å². The Morgan fingerprint density at radius 3 is 3.04 bits per heavy atom. The highest BCUT2D eigenvalue weighted by molar-refractivity contribution is 5.62. The van der Waals surface area contributed by atoms with E-state index in [-0.39, 0.29) is 6.61 Å². The minimum Gasteiger partial charge on any atom is -0.392 e. The standard InChI is InChI=1S/C18H16N4O/c19-11-13-3-1-5-15(9-13)17-7-8-20-18(22-17)21-16-6-2-4-14(10-16)12-23/h1,3,5-10,23H,2,4,12H2,(H,20,21,22). The van der Waals surface area contributed by atoms with Crippen LogP contribution in [-0.2, 0) is 0 Å². The molecule has 2 aromatic rings. The molecule has 0 saturated carbocycles. The Labute approximate surface area is 134 Å². The molecule has 0 amide bonds. The van der Waals surface area contributed by atoms with Gasteiger partial charge in [-0.15, -0.1) is 0 Å². The minimum absolute atomic E-state index is 0.0703. The van der Waals surface area contributed by atoms with Crippen molar-refractivity contribution in [2.45, 2.75) is 12.8 Å². The number of aliphatic hydroxyl groups is 1. The van der Waals surface area contributed by atoms with Gasteiger partial charge in [-0.05, 0) is 42.7 Å². The van der Waals surface area contributed by atoms with Gasteiger partial charge in [0.1, 0.15) is 0 Å². The molecule has 1 heterocycles. The second-order valence-corrected chi connectivity index (χ2v) is 5.24. The molecule has 1 aromatic carbocycles. The van der Waals surface area contributed by atoms with Gasteiger partial charge in [0.05, 0.1) is 23.9 Å². The summed E-state index contributed by atoms with van der Waals surface area (Å²) in [6.45, 7) is 0.0703. The van der Waals surface area contributed by atoms with Crippen molar-refractivity contribution in [1.82, 2.24) is 9.97 Å². The summed E-state index contributed by atoms with van der Waals surface area (Å²) in [5.41, 5.74) is 4.11. The Kier molecular flexibility index (Phi) is 4.46. The summed E-state index contributed by atoms with van der Waals surface area (Å²) < 4.78 is 0. The van der Waals surface area contributed by atoms with Crippen molar-refractivity contribution in [3.05, 3.63) is 65.5 Å². The number of allylic oxidation sites excluding steroid dienone is 2. The zero-order valence-corrected chi connectivity index (χ0v) is 12.5. The summed E-state index contributed by atoms with van der Waals surface area (Å²) in [6.07, 6.45) is 7.44. The molecular weight excluding hydrogens is 288 g/mol. The smallest absolute Gasteiger partial charge is 0.227 e. The van der Waals surface area contributed by atoms with Crippen molar-refractivity contribution in [2.75, 3.05) is 11.9 Å². The average Bonchev–Trinajstić information content (AvgIpc) is 2.62. The molecule has 5 nitrogen and oxygen atoms in total. The van der Waals surface area contributed by atoms with Gasteiger partial charge in [0, 0.05) is 17.5 Å². The number of nitriles is 1. The minimum atomic E-state index is 0.0703. The van der Waals surface area contributed by atoms with Crippen LogP contribution < -0.4 is 5.32 Å². The van der Waals surface area contributed by atoms with E-state index in [4.69, 9.17) is 5.26 Å². The molecular formula is C18H16N4O. The number of nitrogens with one attached hydrogen (secondary N) is 1. The van der Waals surface area contributed by atoms with Crippen LogP contribution in [0.2, 0.25) is 0 Å². The van der Waals surface area contributed by atoms with E-state index in [1.807, 2.05) is 24.3 Å². The summed E-state index contributed by atoms with van der Waals surface area (Å²) in [5.74, 6) is 0.492. The van der Waals surface area contributed by atoms with Crippen molar-refractivity contribution < 1.29 is 5.11 Å². The predicted octanol–water partition coefficient (Wildman–Crippen LogP) is 3.02. The van der Waals surface area contributed by atoms with Gasteiger partial charge in [-0.2, -0.15) is 5.26 Å². The number of nitrogens with zero attached hydrogens (tertiary/aromatic N) is 3. The van der Waals surface area contributed by atoms with E-state index in [9.17, 15) is 5.11 Å². The SMILES string of the molecule is N#Cc1cccc(-c2ccnc(NC3=CCCC(CO)=C3)n2)c1. The van der Waals surface area contributed by atoms with Gasteiger partial charge < -0.3 is 10.4 Å². The Morgan fingerprint density at radius 1 is 1.30 bits per heavy atom. The molecule has 0 spiro atoms. The van der Waals surface area contributed by atoms with Crippen LogP contribution in [0.5, 0.6) is 0 Å². The third kappa shape index (κ3) is 3.62. The Hall–Kier alpha value is -2.97. The van der Waals surface area contributed by atoms with E-state index < -0.39 is 0 Å². The van der Waals surface area contributed by atoms with Crippen molar-refractivity contribution >= 4 is 5.95 Å². The first-order chi connectivity index (χ1) is 11.3. The Balaban J connectivity index is 1.84. The number of rotatable bonds is 4. The topological polar surface area (TPSA) is 81.8 Å². The van der Waals surface area contributed by atoms with Crippen LogP contribution in [0.4, 0.5) is 5.95 Å². The zero-order chi connectivity index (χ0) is 16.1. The molecule has 23 heavy (non-hydrogen) atoms. The molecule has 0 radical (unpaired) electrons. The summed E-state index contributed by atoms with van der Waals surface area (Å²) in [4.78, 5) is 8.73. The van der Waals surface area contributed by atoms with Crippen LogP contribution in [0.3, 0.4) is 0 Å². The fourth-order valence-corrected chi connectivity index (χ4v) is 2.43. The monoisotopic (exact) mass is 304 g/mol. The van der Waals surface area contributed by atoms with Crippen molar-refractivity contribution in [3.8, 4) is 17.3 Å². The molecule has 3 rings (SSSR count). The van der Waals surface area contributed by atoms with Gasteiger partial charge >= 0.3 is 0 Å². The van der Waals surface area contributed by atoms with Gasteiger partial charge in [-0.3, -0.25) is 0 Å². The quantitative estimate of drug-likeness (QED) is 0.907. The zero-order valence-electron chi connectivity index (χ0n) is 12.5. The van der Waals surface area contributed by atoms with E-state index in [1.54, 1.807) is 18.3 Å². The second kappa shape index (κ2) is 6.86. The van der Waals surface area contributed by atoms with Gasteiger partial charge in [-0.1, -0.05) is 18.2 Å². The van der Waals surface area contributed by atoms with E-state index in [0.29, 0.717) is 11.5 Å². The van der Waals surface area contributed by atoms with E-state index >= 15 is 0 Å². The predicted molar refractivity (Wildman–Crippen MR) is 88.3 cm³/mol. The molecule has 0 atom stereocenters. The maximum absolute atomic E-state index is 9.24. The molecule has 0 bridgehead atoms. The summed E-state index contributed by atoms with van der Waals surface area (Å²) in [7, 11) is 0. The first kappa shape index (κ1) is 14.9. The van der Waals surface area contributed by atoms with Crippen LogP contribution >= 0.6 is 0 Å². The van der Waals surface area contributed by atoms with Gasteiger partial charge in [0.15, 0.2) is 0 Å². The van der Waals surface area contributed by atoms with Crippen LogP contribution in [0, 0.1) is 11.3 Å². The number of anilines is 1. The Morgan fingerprint density at radius 2 is 2.22 bits per heavy atom. The Bertz CT molecular complexity index is 818. The van der Waals surface area contributed by atoms with Crippen LogP contribution in [0.25, 0.3) is 11.3 Å². The number of aliphatic hydroxyl groups excluding tert-OH is 1. The van der Waals surface area contributed by atoms with Crippen LogP contribution in [0.1, 0.15) is 18.4 Å². The van der Waals surface area contributed by atoms with E-state index in [2.05, 4.69) is 27.4 Å². The third-order valence-corrected chi connectivity index (χ3v) is 3.59. The van der Waals surface area contributed by atoms with Crippen molar-refractivity contribution in [2.24, 2.45) is 0 Å². The molecule has 0 saturated heterocycles. The van der Waals surface area contributed by atoms with Crippen LogP contribution in [0.15, 0.2) is 60.0 Å². The van der Waals surface area contributed by atoms with Gasteiger partial charge in [0.25, 0.3) is 0 Å². The lowest BCUT2D eigenvalue weighted by Crippen LogP contribution is -2.06. The lowest BCUT2D eigenvalue weighted by Gasteiger charge is -2.13. The molecule has 1 aromatic heterocycles. The largest absolute Gasteiger partial charge is 0.392 e. The molecule has 2 N–H and O–H groups in total. The number of aromatic nitrogens is 2. The van der Waals surface area contributed by atoms with Crippen molar-refractivity contribution in [1.29, 1.82) is 5.26 Å². The first-order valence-corrected chi connectivity index (χ1v) is 7.39. The number of hydrogen-bond donors (Lipinski definition) is 2. The molecule has 5 heteroatoms. The van der Waals surface area contributed by atoms with Gasteiger partial charge in [0.2, 0.25) is 5.95 Å². The fraction of sp³-hybridized carbons (Fsp3) is 0.167. The number of hydrogen-bond acceptors (Lipinski definition) is 5. The normalized spacial score (nSPS) is 13.7. The molecule has 1 aliphatic carbocycles. The summed E-state index contributed by atoms with van der Waals surface area (Å²) in [5, 5.41) is 21.4. The first-order valence-electron chi connectivity index (χ1n) is 7.39. The fourth-order valence-electron chi connectivity index (χ4n) is 2.43. The highest BCUT2D eigenvalue weighted by atomic mass is 16.3. The number of benzene rings is 1. The second-order valence-electron chi connectivity index (χ2n) is 5.24. The highest BCUT2D eigenvalue weighted by Gasteiger charge is 2.07. The molecule has 1 aliphatic rings. The van der Waals surface area contributed by atoms with Gasteiger partial charge in [-0.25, -0.2) is 9.97 Å². The maximum Gasteiger partial charge on any atom is 0.227 e. The summed E-state index contributed by atoms with van der Waals surface area (Å²) >= 11 is 0. The lowest BCUT2D eigenvalue weighted by atomic mass is 10.0. The maximum atomic E-state index is 9.24. The molecule has 0 aliphatic heterocycles. The van der Waals surface area contributed by atoms with E-state index in [0.717, 1.165) is 35.4 Å². The summed E-state index contributed by atoms with van der Waals surface area (Å²) in [6, 6.07) is 11.3. The van der Waals surface area contributed by atoms with E-state index in [1.165, 1.54) is 0 Å². The third-order valence-electron chi connectivity index (χ3n) is 3.59. The van der Waals surface area contributed by atoms with Crippen molar-refractivity contribution in [3.63, 3.8) is 0 Å². The lowest BCUT2D eigenvalue weighted by molar-refractivity contribution is 0.326. The molecule has 0 unspecified atom stereocenters. The molecule has 0 fully saturated rings. The average molecular weight is 304 g/mol.